The van der Waals surface area contributed by atoms with E-state index in [0.717, 1.165) is 77.3 Å². The molecule has 0 saturated carbocycles. The van der Waals surface area contributed by atoms with Gasteiger partial charge in [0.25, 0.3) is 0 Å². The molecule has 4 aromatic heterocycles. The van der Waals surface area contributed by atoms with E-state index in [-0.39, 0.29) is 166 Å². The second kappa shape index (κ2) is 35.9. The number of para-hydroxylation sites is 2. The topological polar surface area (TPSA) is 302 Å². The molecule has 0 bridgehead atoms. The SMILES string of the molecule is COc1cc(Cn2c3ccccc3c3c(OC(C)(C)C(=O)O)cccc32)ccc1OCc1nc(-c2ccccc2)oc1C.COc1cc(Cn2c3ccccc3c3c(OC(C)(C)C(=O)[O-])cccc32)ccc1OCc1nc(-c2ccccc2)oc1C.O.O.[NH-]O.[Na+].[Na+].[Pr].[Pr]. The first kappa shape index (κ1) is 80.5. The fourth-order valence-corrected chi connectivity index (χ4v) is 10.3. The predicted molar refractivity (Wildman–Crippen MR) is 340 cm³/mol. The molecule has 472 valence electrons. The van der Waals surface area contributed by atoms with Crippen LogP contribution in [-0.4, -0.2) is 77.7 Å². The first-order valence-corrected chi connectivity index (χ1v) is 28.2. The maximum atomic E-state index is 11.8. The van der Waals surface area contributed by atoms with E-state index in [2.05, 4.69) is 25.2 Å². The minimum atomic E-state index is -1.49. The predicted octanol–water partition coefficient (Wildman–Crippen LogP) is 6.72. The van der Waals surface area contributed by atoms with Crippen LogP contribution < -0.4 is 92.6 Å². The van der Waals surface area contributed by atoms with Gasteiger partial charge in [-0.1, -0.05) is 97.1 Å². The molecule has 24 heteroatoms. The van der Waals surface area contributed by atoms with Gasteiger partial charge in [-0.2, -0.15) is 0 Å². The summed E-state index contributed by atoms with van der Waals surface area (Å²) < 4.78 is 51.8. The third-order valence-corrected chi connectivity index (χ3v) is 14.9. The summed E-state index contributed by atoms with van der Waals surface area (Å²) in [4.78, 5) is 32.8. The Hall–Kier alpha value is -5.91. The van der Waals surface area contributed by atoms with E-state index >= 15 is 0 Å². The summed E-state index contributed by atoms with van der Waals surface area (Å²) >= 11 is 0. The van der Waals surface area contributed by atoms with Crippen LogP contribution in [0, 0.1) is 96.4 Å². The number of aliphatic carboxylic acids is 2. The summed E-state index contributed by atoms with van der Waals surface area (Å²) in [5.41, 5.74) is 6.25. The van der Waals surface area contributed by atoms with E-state index in [1.54, 1.807) is 34.1 Å². The van der Waals surface area contributed by atoms with Crippen LogP contribution in [0.15, 0.2) is 191 Å². The van der Waals surface area contributed by atoms with Crippen molar-refractivity contribution in [3.63, 3.8) is 0 Å². The summed E-state index contributed by atoms with van der Waals surface area (Å²) in [5, 5.41) is 31.3. The van der Waals surface area contributed by atoms with E-state index in [1.807, 2.05) is 184 Å². The van der Waals surface area contributed by atoms with Crippen LogP contribution in [0.1, 0.15) is 61.7 Å². The van der Waals surface area contributed by atoms with Crippen molar-refractivity contribution in [1.29, 1.82) is 0 Å². The van der Waals surface area contributed by atoms with Gasteiger partial charge in [0.05, 0.1) is 31.2 Å². The summed E-state index contributed by atoms with van der Waals surface area (Å²) in [7, 11) is 3.24. The number of nitrogens with one attached hydrogen (secondary N) is 1. The number of carbonyl (C=O) groups is 2. The molecule has 0 aliphatic rings. The second-order valence-electron chi connectivity index (χ2n) is 21.6. The fraction of sp³-hybridized carbons (Fsp3) is 0.200. The maximum Gasteiger partial charge on any atom is 1.00 e. The number of aromatic nitrogens is 4. The first-order chi connectivity index (χ1) is 42.5. The van der Waals surface area contributed by atoms with Gasteiger partial charge in [0.15, 0.2) is 28.6 Å². The number of benzene rings is 8. The van der Waals surface area contributed by atoms with Gasteiger partial charge < -0.3 is 83.5 Å². The Kier molecular flexibility index (Phi) is 30.7. The summed E-state index contributed by atoms with van der Waals surface area (Å²) in [6, 6.07) is 58.7. The van der Waals surface area contributed by atoms with Gasteiger partial charge in [-0.05, 0) is 138 Å². The molecule has 2 radical (unpaired) electrons. The molecule has 8 aromatic carbocycles. The van der Waals surface area contributed by atoms with Gasteiger partial charge in [-0.15, -0.1) is 0 Å². The Morgan fingerprint density at radius 1 is 0.500 bits per heavy atom. The van der Waals surface area contributed by atoms with Crippen molar-refractivity contribution in [2.24, 2.45) is 0 Å². The van der Waals surface area contributed by atoms with Crippen molar-refractivity contribution in [1.82, 2.24) is 19.1 Å². The Bertz CT molecular complexity index is 4200. The number of hydrogen-bond acceptors (Lipinski definition) is 14. The molecule has 20 nitrogen and oxygen atoms in total. The van der Waals surface area contributed by atoms with Gasteiger partial charge in [-0.25, -0.2) is 14.8 Å². The minimum absolute atomic E-state index is 0. The molecule has 0 aliphatic carbocycles. The molecule has 7 N–H and O–H groups in total. The number of carbonyl (C=O) groups excluding carboxylic acids is 1. The zero-order valence-electron chi connectivity index (χ0n) is 54.0. The molecular formula is C70H69N5Na2O15Pr2. The van der Waals surface area contributed by atoms with Crippen molar-refractivity contribution in [2.45, 2.75) is 79.0 Å². The fourth-order valence-electron chi connectivity index (χ4n) is 10.3. The minimum Gasteiger partial charge on any atom is -0.553 e. The van der Waals surface area contributed by atoms with Crippen LogP contribution >= 0.6 is 0 Å². The normalized spacial score (nSPS) is 10.7. The number of fused-ring (bicyclic) bond motifs is 6. The Morgan fingerprint density at radius 2 is 0.862 bits per heavy atom. The summed E-state index contributed by atoms with van der Waals surface area (Å²) in [6.45, 7) is 11.4. The second-order valence-corrected chi connectivity index (χ2v) is 21.6. The van der Waals surface area contributed by atoms with Crippen molar-refractivity contribution < 1.29 is 215 Å². The van der Waals surface area contributed by atoms with E-state index in [1.165, 1.54) is 13.8 Å². The standard InChI is InChI=1S/2C35H32N2O6.H2NO.2Na.2H2O.2Pr/c2*1-22-26(36-33(42-22)24-11-6-5-7-12-24)21-41-29-18-17-23(19-31(29)40-4)20-37-27-14-9-8-13-25(27)32-28(37)15-10-16-30(32)43-35(2,3)34(38)39;1-2;;;;;;/h2*5-19H,20-21H2,1-4H3,(H,38,39);1-2H;;;2*1H2;;/q;;-1;2*+1;;;;/p-1. The number of hydrogen-bond donors (Lipinski definition) is 2. The number of carboxylic acids is 2. The van der Waals surface area contributed by atoms with Gasteiger partial charge in [0, 0.05) is 139 Å². The number of methoxy groups -OCH3 is 2. The van der Waals surface area contributed by atoms with Gasteiger partial charge in [0.1, 0.15) is 53.2 Å². The molecule has 4 heterocycles. The van der Waals surface area contributed by atoms with Crippen molar-refractivity contribution in [2.75, 3.05) is 14.2 Å². The Labute approximate surface area is 654 Å². The molecule has 12 aromatic rings. The zero-order valence-corrected chi connectivity index (χ0v) is 65.4. The molecule has 94 heavy (non-hydrogen) atoms. The Balaban J connectivity index is 0.000000367. The molecule has 12 rings (SSSR count). The molecular weight excluding hydrogens is 1480 g/mol. The molecule has 0 atom stereocenters. The molecule has 0 fully saturated rings. The van der Waals surface area contributed by atoms with Gasteiger partial charge in [-0.3, -0.25) is 0 Å². The quantitative estimate of drug-likeness (QED) is 0.0591. The van der Waals surface area contributed by atoms with Gasteiger partial charge >= 0.3 is 65.1 Å². The average Bonchev–Trinajstić information content (AvgIpc) is 1.60. The van der Waals surface area contributed by atoms with Crippen LogP contribution in [-0.2, 0) is 35.9 Å². The van der Waals surface area contributed by atoms with Crippen LogP contribution in [0.4, 0.5) is 0 Å². The Morgan fingerprint density at radius 3 is 1.23 bits per heavy atom. The smallest absolute Gasteiger partial charge is 0.553 e. The van der Waals surface area contributed by atoms with Crippen LogP contribution in [0.2, 0.25) is 0 Å². The largest absolute Gasteiger partial charge is 1.00 e. The average molecular weight is 1550 g/mol. The third-order valence-electron chi connectivity index (χ3n) is 14.9. The number of rotatable bonds is 20. The van der Waals surface area contributed by atoms with E-state index in [4.69, 9.17) is 48.4 Å². The van der Waals surface area contributed by atoms with Crippen LogP contribution in [0.25, 0.3) is 72.4 Å². The van der Waals surface area contributed by atoms with E-state index in [0.29, 0.717) is 70.9 Å². The summed E-state index contributed by atoms with van der Waals surface area (Å²) in [5.74, 6) is 8.38. The molecule has 0 amide bonds. The van der Waals surface area contributed by atoms with Crippen LogP contribution in [0.5, 0.6) is 34.5 Å². The van der Waals surface area contributed by atoms with Crippen LogP contribution in [0.3, 0.4) is 0 Å². The number of oxazole rings is 2. The van der Waals surface area contributed by atoms with Crippen molar-refractivity contribution in [3.8, 4) is 57.4 Å². The van der Waals surface area contributed by atoms with Crippen molar-refractivity contribution >= 4 is 55.6 Å². The van der Waals surface area contributed by atoms with Gasteiger partial charge in [0.2, 0.25) is 11.8 Å². The first-order valence-electron chi connectivity index (χ1n) is 28.2. The molecule has 0 unspecified atom stereocenters. The number of carboxylic acid groups (broad SMARTS) is 2. The van der Waals surface area contributed by atoms with Crippen molar-refractivity contribution in [3.05, 3.63) is 222 Å². The third kappa shape index (κ3) is 18.0. The number of nitrogens with zero attached hydrogens (tertiary/aromatic N) is 4. The monoisotopic (exact) mass is 1550 g/mol. The number of ether oxygens (including phenoxy) is 6. The molecule has 0 saturated heterocycles. The maximum absolute atomic E-state index is 11.8. The summed E-state index contributed by atoms with van der Waals surface area (Å²) in [6.07, 6.45) is 0. The number of aryl methyl sites for hydroxylation is 2. The molecule has 0 spiro atoms. The zero-order chi connectivity index (χ0) is 62.3. The van der Waals surface area contributed by atoms with E-state index in [9.17, 15) is 19.8 Å². The van der Waals surface area contributed by atoms with E-state index < -0.39 is 23.1 Å². The molecule has 0 aliphatic heterocycles.